The standard InChI is InChI=1S/C17H15BrClNO4/c1-10(16(21)20-15-6-4-3-5-14(15)19)24-17(22)12-9-11(23-2)7-8-13(12)18/h3-10H,1-2H3,(H,20,21)/t10-/m0/s1. The van der Waals surface area contributed by atoms with E-state index in [-0.39, 0.29) is 5.56 Å². The predicted molar refractivity (Wildman–Crippen MR) is 95.7 cm³/mol. The number of rotatable bonds is 5. The maximum Gasteiger partial charge on any atom is 0.340 e. The van der Waals surface area contributed by atoms with E-state index in [1.807, 2.05) is 0 Å². The van der Waals surface area contributed by atoms with Crippen molar-refractivity contribution in [1.82, 2.24) is 0 Å². The number of carbonyl (C=O) groups excluding carboxylic acids is 2. The molecule has 2 aromatic rings. The average Bonchev–Trinajstić information content (AvgIpc) is 2.57. The van der Waals surface area contributed by atoms with Gasteiger partial charge in [0.05, 0.1) is 23.4 Å². The summed E-state index contributed by atoms with van der Waals surface area (Å²) in [6, 6.07) is 11.7. The molecule has 7 heteroatoms. The van der Waals surface area contributed by atoms with E-state index in [1.165, 1.54) is 20.1 Å². The molecule has 24 heavy (non-hydrogen) atoms. The molecule has 0 aromatic heterocycles. The van der Waals surface area contributed by atoms with Gasteiger partial charge in [-0.05, 0) is 53.2 Å². The van der Waals surface area contributed by atoms with E-state index in [0.29, 0.717) is 20.9 Å². The Morgan fingerprint density at radius 3 is 2.58 bits per heavy atom. The van der Waals surface area contributed by atoms with E-state index in [4.69, 9.17) is 21.1 Å². The van der Waals surface area contributed by atoms with Crippen molar-refractivity contribution in [2.24, 2.45) is 0 Å². The molecule has 2 aromatic carbocycles. The number of halogens is 2. The maximum atomic E-state index is 12.3. The van der Waals surface area contributed by atoms with Crippen LogP contribution in [-0.4, -0.2) is 25.1 Å². The molecule has 1 amide bonds. The Balaban J connectivity index is 2.06. The monoisotopic (exact) mass is 411 g/mol. The highest BCUT2D eigenvalue weighted by molar-refractivity contribution is 9.10. The molecule has 0 radical (unpaired) electrons. The topological polar surface area (TPSA) is 64.6 Å². The maximum absolute atomic E-state index is 12.3. The van der Waals surface area contributed by atoms with Crippen molar-refractivity contribution >= 4 is 45.1 Å². The van der Waals surface area contributed by atoms with Crippen molar-refractivity contribution in [2.45, 2.75) is 13.0 Å². The Morgan fingerprint density at radius 1 is 1.21 bits per heavy atom. The van der Waals surface area contributed by atoms with Gasteiger partial charge in [-0.2, -0.15) is 0 Å². The van der Waals surface area contributed by atoms with Gasteiger partial charge in [0.25, 0.3) is 5.91 Å². The molecule has 0 aliphatic heterocycles. The van der Waals surface area contributed by atoms with Gasteiger partial charge in [0, 0.05) is 4.47 Å². The van der Waals surface area contributed by atoms with Crippen LogP contribution in [0.5, 0.6) is 5.75 Å². The van der Waals surface area contributed by atoms with Crippen molar-refractivity contribution in [3.63, 3.8) is 0 Å². The van der Waals surface area contributed by atoms with Gasteiger partial charge in [0.1, 0.15) is 5.75 Å². The SMILES string of the molecule is COc1ccc(Br)c(C(=O)O[C@@H](C)C(=O)Nc2ccccc2Cl)c1. The first-order chi connectivity index (χ1) is 11.4. The number of nitrogens with one attached hydrogen (secondary N) is 1. The second kappa shape index (κ2) is 8.17. The third-order valence-electron chi connectivity index (χ3n) is 3.18. The second-order valence-corrected chi connectivity index (χ2v) is 6.12. The Kier molecular flexibility index (Phi) is 6.23. The molecule has 1 N–H and O–H groups in total. The summed E-state index contributed by atoms with van der Waals surface area (Å²) in [5.74, 6) is -0.601. The van der Waals surface area contributed by atoms with Crippen LogP contribution in [0, 0.1) is 0 Å². The number of esters is 1. The lowest BCUT2D eigenvalue weighted by atomic mass is 10.2. The van der Waals surface area contributed by atoms with Gasteiger partial charge >= 0.3 is 5.97 Å². The first-order valence-corrected chi connectivity index (χ1v) is 8.19. The van der Waals surface area contributed by atoms with E-state index in [1.54, 1.807) is 36.4 Å². The molecule has 0 unspecified atom stereocenters. The number of anilines is 1. The summed E-state index contributed by atoms with van der Waals surface area (Å²) in [6.07, 6.45) is -0.994. The summed E-state index contributed by atoms with van der Waals surface area (Å²) in [7, 11) is 1.50. The van der Waals surface area contributed by atoms with E-state index in [0.717, 1.165) is 0 Å². The molecular weight excluding hydrogens is 398 g/mol. The lowest BCUT2D eigenvalue weighted by molar-refractivity contribution is -0.123. The van der Waals surface area contributed by atoms with Crippen molar-refractivity contribution in [3.8, 4) is 5.75 Å². The zero-order chi connectivity index (χ0) is 17.7. The van der Waals surface area contributed by atoms with E-state index in [9.17, 15) is 9.59 Å². The van der Waals surface area contributed by atoms with Crippen LogP contribution in [-0.2, 0) is 9.53 Å². The van der Waals surface area contributed by atoms with Crippen LogP contribution in [0.1, 0.15) is 17.3 Å². The van der Waals surface area contributed by atoms with Gasteiger partial charge in [-0.15, -0.1) is 0 Å². The van der Waals surface area contributed by atoms with E-state index >= 15 is 0 Å². The molecular formula is C17H15BrClNO4. The van der Waals surface area contributed by atoms with Gasteiger partial charge < -0.3 is 14.8 Å². The molecule has 2 rings (SSSR count). The number of hydrogen-bond donors (Lipinski definition) is 1. The van der Waals surface area contributed by atoms with Gasteiger partial charge in [0.2, 0.25) is 0 Å². The lowest BCUT2D eigenvalue weighted by Crippen LogP contribution is -2.30. The van der Waals surface area contributed by atoms with Crippen LogP contribution >= 0.6 is 27.5 Å². The second-order valence-electron chi connectivity index (χ2n) is 4.86. The minimum absolute atomic E-state index is 0.270. The van der Waals surface area contributed by atoms with Gasteiger partial charge in [-0.25, -0.2) is 4.79 Å². The fourth-order valence-electron chi connectivity index (χ4n) is 1.86. The lowest BCUT2D eigenvalue weighted by Gasteiger charge is -2.15. The number of amides is 1. The largest absolute Gasteiger partial charge is 0.497 e. The van der Waals surface area contributed by atoms with Crippen molar-refractivity contribution in [3.05, 3.63) is 57.5 Å². The van der Waals surface area contributed by atoms with Crippen LogP contribution < -0.4 is 10.1 Å². The highest BCUT2D eigenvalue weighted by Gasteiger charge is 2.21. The Hall–Kier alpha value is -2.05. The molecule has 1 atom stereocenters. The molecule has 0 heterocycles. The Bertz CT molecular complexity index is 766. The van der Waals surface area contributed by atoms with Crippen LogP contribution in [0.3, 0.4) is 0 Å². The van der Waals surface area contributed by atoms with Crippen LogP contribution in [0.25, 0.3) is 0 Å². The molecule has 126 valence electrons. The van der Waals surface area contributed by atoms with E-state index in [2.05, 4.69) is 21.2 Å². The van der Waals surface area contributed by atoms with Crippen molar-refractivity contribution in [2.75, 3.05) is 12.4 Å². The summed E-state index contributed by atoms with van der Waals surface area (Å²) in [4.78, 5) is 24.4. The number of methoxy groups -OCH3 is 1. The molecule has 0 aliphatic carbocycles. The van der Waals surface area contributed by atoms with Gasteiger partial charge in [-0.1, -0.05) is 23.7 Å². The molecule has 0 fully saturated rings. The number of para-hydroxylation sites is 1. The molecule has 0 bridgehead atoms. The van der Waals surface area contributed by atoms with Crippen molar-refractivity contribution in [1.29, 1.82) is 0 Å². The fourth-order valence-corrected chi connectivity index (χ4v) is 2.45. The summed E-state index contributed by atoms with van der Waals surface area (Å²) < 4.78 is 10.8. The highest BCUT2D eigenvalue weighted by Crippen LogP contribution is 2.24. The summed E-state index contributed by atoms with van der Waals surface area (Å²) >= 11 is 9.26. The third-order valence-corrected chi connectivity index (χ3v) is 4.20. The number of hydrogen-bond acceptors (Lipinski definition) is 4. The molecule has 0 saturated carbocycles. The Morgan fingerprint density at radius 2 is 1.92 bits per heavy atom. The normalized spacial score (nSPS) is 11.5. The van der Waals surface area contributed by atoms with Crippen LogP contribution in [0.15, 0.2) is 46.9 Å². The van der Waals surface area contributed by atoms with Crippen molar-refractivity contribution < 1.29 is 19.1 Å². The average molecular weight is 413 g/mol. The molecule has 0 aliphatic rings. The zero-order valence-electron chi connectivity index (χ0n) is 13.0. The van der Waals surface area contributed by atoms with Crippen LogP contribution in [0.2, 0.25) is 5.02 Å². The third kappa shape index (κ3) is 4.49. The van der Waals surface area contributed by atoms with Gasteiger partial charge in [0.15, 0.2) is 6.10 Å². The Labute approximate surface area is 153 Å². The predicted octanol–water partition coefficient (Wildman–Crippen LogP) is 4.30. The first-order valence-electron chi connectivity index (χ1n) is 7.02. The number of ether oxygens (including phenoxy) is 2. The summed E-state index contributed by atoms with van der Waals surface area (Å²) in [5.41, 5.74) is 0.723. The van der Waals surface area contributed by atoms with Crippen LogP contribution in [0.4, 0.5) is 5.69 Å². The minimum Gasteiger partial charge on any atom is -0.497 e. The fraction of sp³-hybridized carbons (Fsp3) is 0.176. The zero-order valence-corrected chi connectivity index (χ0v) is 15.3. The minimum atomic E-state index is -0.994. The summed E-state index contributed by atoms with van der Waals surface area (Å²) in [6.45, 7) is 1.48. The molecule has 0 spiro atoms. The number of benzene rings is 2. The highest BCUT2D eigenvalue weighted by atomic mass is 79.9. The molecule has 0 saturated heterocycles. The van der Waals surface area contributed by atoms with Gasteiger partial charge in [-0.3, -0.25) is 4.79 Å². The number of carbonyl (C=O) groups is 2. The smallest absolute Gasteiger partial charge is 0.340 e. The quantitative estimate of drug-likeness (QED) is 0.744. The molecule has 5 nitrogen and oxygen atoms in total. The first kappa shape index (κ1) is 18.3. The van der Waals surface area contributed by atoms with E-state index < -0.39 is 18.0 Å². The summed E-state index contributed by atoms with van der Waals surface area (Å²) in [5, 5.41) is 3.02.